The van der Waals surface area contributed by atoms with Crippen molar-refractivity contribution >= 4 is 5.91 Å². The highest BCUT2D eigenvalue weighted by Gasteiger charge is 2.20. The summed E-state index contributed by atoms with van der Waals surface area (Å²) in [6.07, 6.45) is 2.59. The fraction of sp³-hybridized carbons (Fsp3) is 0.400. The van der Waals surface area contributed by atoms with E-state index in [0.29, 0.717) is 12.4 Å². The summed E-state index contributed by atoms with van der Waals surface area (Å²) in [6, 6.07) is 0. The first-order valence-corrected chi connectivity index (χ1v) is 5.58. The average Bonchev–Trinajstić information content (AvgIpc) is 2.96. The van der Waals surface area contributed by atoms with Crippen LogP contribution in [0, 0.1) is 0 Å². The number of aromatic nitrogens is 4. The van der Waals surface area contributed by atoms with Gasteiger partial charge in [0.1, 0.15) is 0 Å². The highest BCUT2D eigenvalue weighted by atomic mass is 16.5. The number of hydrogen-bond acceptors (Lipinski definition) is 6. The van der Waals surface area contributed by atoms with Gasteiger partial charge in [0.05, 0.1) is 24.3 Å². The molecule has 0 aromatic carbocycles. The maximum Gasteiger partial charge on any atom is 0.290 e. The Hall–Kier alpha value is -2.22. The summed E-state index contributed by atoms with van der Waals surface area (Å²) in [4.78, 5) is 24.2. The molecule has 0 saturated carbocycles. The molecule has 2 aromatic heterocycles. The first-order valence-electron chi connectivity index (χ1n) is 5.58. The molecule has 18 heavy (non-hydrogen) atoms. The van der Waals surface area contributed by atoms with Crippen molar-refractivity contribution in [3.05, 3.63) is 29.4 Å². The van der Waals surface area contributed by atoms with E-state index in [1.165, 1.54) is 0 Å². The van der Waals surface area contributed by atoms with Gasteiger partial charge in [-0.2, -0.15) is 4.98 Å². The number of imidazole rings is 1. The standard InChI is InChI=1S/C10H12N6O2/c11-9(17)10-14-8(18-15-10)4-16-2-1-6-7(3-16)13-5-12-6/h5H,1-4H2,(H2,11,17)(H,12,13). The lowest BCUT2D eigenvalue weighted by Gasteiger charge is -2.24. The number of aromatic amines is 1. The van der Waals surface area contributed by atoms with Crippen LogP contribution in [0.1, 0.15) is 27.9 Å². The molecule has 0 radical (unpaired) electrons. The van der Waals surface area contributed by atoms with Crippen LogP contribution in [-0.4, -0.2) is 37.5 Å². The van der Waals surface area contributed by atoms with Gasteiger partial charge in [-0.05, 0) is 0 Å². The van der Waals surface area contributed by atoms with E-state index in [2.05, 4.69) is 25.0 Å². The van der Waals surface area contributed by atoms with Crippen molar-refractivity contribution in [2.45, 2.75) is 19.5 Å². The quantitative estimate of drug-likeness (QED) is 0.753. The van der Waals surface area contributed by atoms with E-state index in [1.807, 2.05) is 0 Å². The molecule has 3 heterocycles. The molecule has 0 unspecified atom stereocenters. The summed E-state index contributed by atoms with van der Waals surface area (Å²) in [5.74, 6) is -0.365. The molecule has 3 rings (SSSR count). The fourth-order valence-electron chi connectivity index (χ4n) is 2.01. The minimum absolute atomic E-state index is 0.0794. The number of primary amides is 1. The third kappa shape index (κ3) is 1.97. The summed E-state index contributed by atoms with van der Waals surface area (Å²) in [7, 11) is 0. The molecule has 0 atom stereocenters. The fourth-order valence-corrected chi connectivity index (χ4v) is 2.01. The topological polar surface area (TPSA) is 114 Å². The molecule has 0 spiro atoms. The van der Waals surface area contributed by atoms with E-state index in [1.54, 1.807) is 6.33 Å². The lowest BCUT2D eigenvalue weighted by molar-refractivity contribution is 0.0987. The Morgan fingerprint density at radius 1 is 1.61 bits per heavy atom. The van der Waals surface area contributed by atoms with E-state index in [-0.39, 0.29) is 5.82 Å². The Morgan fingerprint density at radius 2 is 2.50 bits per heavy atom. The van der Waals surface area contributed by atoms with Crippen LogP contribution >= 0.6 is 0 Å². The van der Waals surface area contributed by atoms with Gasteiger partial charge in [-0.1, -0.05) is 5.16 Å². The monoisotopic (exact) mass is 248 g/mol. The van der Waals surface area contributed by atoms with Crippen LogP contribution < -0.4 is 5.73 Å². The van der Waals surface area contributed by atoms with Crippen LogP contribution in [0.3, 0.4) is 0 Å². The van der Waals surface area contributed by atoms with Crippen molar-refractivity contribution in [1.82, 2.24) is 25.0 Å². The van der Waals surface area contributed by atoms with Gasteiger partial charge < -0.3 is 15.2 Å². The van der Waals surface area contributed by atoms with Gasteiger partial charge in [0.15, 0.2) is 0 Å². The van der Waals surface area contributed by atoms with Crippen molar-refractivity contribution in [1.29, 1.82) is 0 Å². The molecule has 0 fully saturated rings. The van der Waals surface area contributed by atoms with E-state index in [9.17, 15) is 4.79 Å². The van der Waals surface area contributed by atoms with Crippen LogP contribution in [0.2, 0.25) is 0 Å². The molecule has 8 nitrogen and oxygen atoms in total. The summed E-state index contributed by atoms with van der Waals surface area (Å²) < 4.78 is 4.97. The summed E-state index contributed by atoms with van der Waals surface area (Å²) in [5.41, 5.74) is 7.27. The summed E-state index contributed by atoms with van der Waals surface area (Å²) in [5, 5.41) is 3.51. The summed E-state index contributed by atoms with van der Waals surface area (Å²) in [6.45, 7) is 2.12. The van der Waals surface area contributed by atoms with Crippen LogP contribution in [0.15, 0.2) is 10.9 Å². The van der Waals surface area contributed by atoms with Crippen molar-refractivity contribution in [3.63, 3.8) is 0 Å². The zero-order valence-corrected chi connectivity index (χ0v) is 9.59. The van der Waals surface area contributed by atoms with Crippen LogP contribution in [0.25, 0.3) is 0 Å². The van der Waals surface area contributed by atoms with Crippen molar-refractivity contribution < 1.29 is 9.32 Å². The number of carbonyl (C=O) groups excluding carboxylic acids is 1. The predicted octanol–water partition coefficient (Wildman–Crippen LogP) is -0.550. The number of fused-ring (bicyclic) bond motifs is 1. The average molecular weight is 248 g/mol. The maximum absolute atomic E-state index is 10.8. The van der Waals surface area contributed by atoms with Gasteiger partial charge in [0.25, 0.3) is 11.7 Å². The normalized spacial score (nSPS) is 15.6. The molecule has 1 amide bonds. The van der Waals surface area contributed by atoms with Crippen LogP contribution in [-0.2, 0) is 19.5 Å². The smallest absolute Gasteiger partial charge is 0.290 e. The predicted molar refractivity (Wildman–Crippen MR) is 59.2 cm³/mol. The number of carbonyl (C=O) groups is 1. The Labute approximate surface area is 102 Å². The molecular weight excluding hydrogens is 236 g/mol. The molecule has 0 saturated heterocycles. The number of nitrogens with one attached hydrogen (secondary N) is 1. The largest absolute Gasteiger partial charge is 0.363 e. The minimum Gasteiger partial charge on any atom is -0.363 e. The lowest BCUT2D eigenvalue weighted by atomic mass is 10.1. The number of amides is 1. The van der Waals surface area contributed by atoms with Gasteiger partial charge in [0, 0.05) is 19.5 Å². The Kier molecular flexibility index (Phi) is 2.56. The van der Waals surface area contributed by atoms with Crippen molar-refractivity contribution in [2.75, 3.05) is 6.54 Å². The number of nitrogens with zero attached hydrogens (tertiary/aromatic N) is 4. The Morgan fingerprint density at radius 3 is 3.28 bits per heavy atom. The SMILES string of the molecule is NC(=O)c1noc(CN2CCc3nc[nH]c3C2)n1. The molecule has 1 aliphatic heterocycles. The maximum atomic E-state index is 10.8. The van der Waals surface area contributed by atoms with Crippen LogP contribution in [0.4, 0.5) is 0 Å². The van der Waals surface area contributed by atoms with Gasteiger partial charge in [-0.3, -0.25) is 9.69 Å². The van der Waals surface area contributed by atoms with Gasteiger partial charge in [-0.15, -0.1) is 0 Å². The van der Waals surface area contributed by atoms with E-state index < -0.39 is 5.91 Å². The highest BCUT2D eigenvalue weighted by molar-refractivity contribution is 5.88. The number of hydrogen-bond donors (Lipinski definition) is 2. The summed E-state index contributed by atoms with van der Waals surface area (Å²) >= 11 is 0. The lowest BCUT2D eigenvalue weighted by Crippen LogP contribution is -2.30. The van der Waals surface area contributed by atoms with Gasteiger partial charge in [-0.25, -0.2) is 4.98 Å². The Bertz CT molecular complexity index is 574. The molecule has 1 aliphatic rings. The molecule has 2 aromatic rings. The zero-order chi connectivity index (χ0) is 12.5. The number of H-pyrrole nitrogens is 1. The Balaban J connectivity index is 1.68. The van der Waals surface area contributed by atoms with E-state index in [4.69, 9.17) is 10.3 Å². The third-order valence-corrected chi connectivity index (χ3v) is 2.90. The third-order valence-electron chi connectivity index (χ3n) is 2.90. The van der Waals surface area contributed by atoms with Crippen molar-refractivity contribution in [2.24, 2.45) is 5.73 Å². The first kappa shape index (κ1) is 10.9. The number of rotatable bonds is 3. The van der Waals surface area contributed by atoms with Gasteiger partial charge >= 0.3 is 0 Å². The molecule has 0 bridgehead atoms. The molecular formula is C10H12N6O2. The second kappa shape index (κ2) is 4.22. The number of nitrogens with two attached hydrogens (primary N) is 1. The zero-order valence-electron chi connectivity index (χ0n) is 9.59. The minimum atomic E-state index is -0.681. The van der Waals surface area contributed by atoms with Gasteiger partial charge in [0.2, 0.25) is 5.89 Å². The van der Waals surface area contributed by atoms with Crippen LogP contribution in [0.5, 0.6) is 0 Å². The molecule has 3 N–H and O–H groups in total. The first-order chi connectivity index (χ1) is 8.72. The molecule has 0 aliphatic carbocycles. The van der Waals surface area contributed by atoms with E-state index in [0.717, 1.165) is 30.9 Å². The highest BCUT2D eigenvalue weighted by Crippen LogP contribution is 2.16. The molecule has 8 heteroatoms. The second-order valence-electron chi connectivity index (χ2n) is 4.16. The molecule has 94 valence electrons. The van der Waals surface area contributed by atoms with E-state index >= 15 is 0 Å². The van der Waals surface area contributed by atoms with Crippen molar-refractivity contribution in [3.8, 4) is 0 Å². The second-order valence-corrected chi connectivity index (χ2v) is 4.16.